The summed E-state index contributed by atoms with van der Waals surface area (Å²) in [6.45, 7) is 3.77. The van der Waals surface area contributed by atoms with E-state index >= 15 is 0 Å². The van der Waals surface area contributed by atoms with Gasteiger partial charge in [0.05, 0.1) is 11.2 Å². The molecular formula is C15H17ClFN5O3S. The van der Waals surface area contributed by atoms with E-state index in [1.807, 2.05) is 0 Å². The highest BCUT2D eigenvalue weighted by Crippen LogP contribution is 2.32. The Morgan fingerprint density at radius 2 is 2.08 bits per heavy atom. The van der Waals surface area contributed by atoms with Gasteiger partial charge < -0.3 is 4.90 Å². The number of piperazine rings is 1. The first-order chi connectivity index (χ1) is 12.1. The number of nitrogens with zero attached hydrogens (tertiary/aromatic N) is 4. The third kappa shape index (κ3) is 3.31. The number of H-pyrrole nitrogens is 1. The number of sulfonamides is 1. The number of halogens is 2. The van der Waals surface area contributed by atoms with E-state index in [-0.39, 0.29) is 41.2 Å². The second-order valence-corrected chi connectivity index (χ2v) is 8.80. The monoisotopic (exact) mass is 401 g/mol. The van der Waals surface area contributed by atoms with E-state index in [1.54, 1.807) is 13.8 Å². The average Bonchev–Trinajstić information content (AvgIpc) is 3.09. The number of aromatic amines is 1. The molecule has 1 saturated heterocycles. The molecule has 1 aromatic heterocycles. The summed E-state index contributed by atoms with van der Waals surface area (Å²) in [6, 6.07) is 3.21. The fraction of sp³-hybridized carbons (Fsp3) is 0.400. The summed E-state index contributed by atoms with van der Waals surface area (Å²) in [7, 11) is -4.03. The highest BCUT2D eigenvalue weighted by Gasteiger charge is 2.43. The minimum absolute atomic E-state index is 0.0511. The van der Waals surface area contributed by atoms with Crippen LogP contribution in [0.3, 0.4) is 0 Å². The molecule has 1 fully saturated rings. The molecule has 2 heterocycles. The molecular weight excluding hydrogens is 385 g/mol. The second kappa shape index (κ2) is 6.60. The van der Waals surface area contributed by atoms with Crippen LogP contribution in [0.1, 0.15) is 24.3 Å². The highest BCUT2D eigenvalue weighted by molar-refractivity contribution is 7.89. The van der Waals surface area contributed by atoms with Gasteiger partial charge in [0.2, 0.25) is 10.0 Å². The quantitative estimate of drug-likeness (QED) is 0.840. The zero-order chi connectivity index (χ0) is 19.1. The van der Waals surface area contributed by atoms with Crippen LogP contribution in [0.25, 0.3) is 0 Å². The fourth-order valence-electron chi connectivity index (χ4n) is 3.02. The lowest BCUT2D eigenvalue weighted by atomic mass is 10.0. The normalized spacial score (nSPS) is 18.1. The van der Waals surface area contributed by atoms with Gasteiger partial charge in [0, 0.05) is 25.2 Å². The van der Waals surface area contributed by atoms with Crippen molar-refractivity contribution in [3.05, 3.63) is 40.9 Å². The van der Waals surface area contributed by atoms with Crippen LogP contribution in [0.2, 0.25) is 5.02 Å². The van der Waals surface area contributed by atoms with Crippen molar-refractivity contribution in [1.29, 1.82) is 0 Å². The number of aromatic nitrogens is 3. The summed E-state index contributed by atoms with van der Waals surface area (Å²) in [4.78, 5) is 13.7. The number of benzene rings is 1. The van der Waals surface area contributed by atoms with E-state index in [9.17, 15) is 17.6 Å². The van der Waals surface area contributed by atoms with Crippen molar-refractivity contribution in [2.45, 2.75) is 24.3 Å². The Kier molecular flexibility index (Phi) is 4.76. The Labute approximate surface area is 155 Å². The van der Waals surface area contributed by atoms with Crippen LogP contribution in [-0.4, -0.2) is 64.1 Å². The lowest BCUT2D eigenvalue weighted by Gasteiger charge is -2.45. The van der Waals surface area contributed by atoms with Gasteiger partial charge in [-0.3, -0.25) is 9.89 Å². The minimum atomic E-state index is -4.03. The maximum Gasteiger partial charge on any atom is 0.273 e. The molecule has 1 N–H and O–H groups in total. The number of hydrogen-bond donors (Lipinski definition) is 1. The van der Waals surface area contributed by atoms with Gasteiger partial charge >= 0.3 is 0 Å². The zero-order valence-electron chi connectivity index (χ0n) is 14.1. The Morgan fingerprint density at radius 1 is 1.35 bits per heavy atom. The van der Waals surface area contributed by atoms with E-state index in [4.69, 9.17) is 11.6 Å². The van der Waals surface area contributed by atoms with Gasteiger partial charge in [-0.05, 0) is 32.0 Å². The van der Waals surface area contributed by atoms with Gasteiger partial charge in [-0.2, -0.15) is 4.31 Å². The molecule has 0 bridgehead atoms. The third-order valence-electron chi connectivity index (χ3n) is 4.22. The van der Waals surface area contributed by atoms with Crippen LogP contribution in [-0.2, 0) is 10.0 Å². The molecule has 140 valence electrons. The average molecular weight is 402 g/mol. The van der Waals surface area contributed by atoms with Crippen molar-refractivity contribution >= 4 is 27.5 Å². The van der Waals surface area contributed by atoms with Gasteiger partial charge in [0.1, 0.15) is 16.4 Å². The molecule has 1 aliphatic rings. The van der Waals surface area contributed by atoms with Crippen molar-refractivity contribution < 1.29 is 17.6 Å². The van der Waals surface area contributed by atoms with Crippen LogP contribution < -0.4 is 0 Å². The van der Waals surface area contributed by atoms with Crippen LogP contribution in [0.5, 0.6) is 0 Å². The zero-order valence-corrected chi connectivity index (χ0v) is 15.7. The van der Waals surface area contributed by atoms with Crippen LogP contribution in [0, 0.1) is 5.82 Å². The Morgan fingerprint density at radius 3 is 2.69 bits per heavy atom. The van der Waals surface area contributed by atoms with Crippen molar-refractivity contribution in [1.82, 2.24) is 24.6 Å². The fourth-order valence-corrected chi connectivity index (χ4v) is 5.28. The summed E-state index contributed by atoms with van der Waals surface area (Å²) >= 11 is 5.98. The standard InChI is InChI=1S/C15H17ClFN5O3S/c1-15(2)9-21(14(23)12-8-18-20-19-12)5-6-22(15)26(24,25)13-7-10(17)3-4-11(13)16/h3-4,7-8H,5-6,9H2,1-2H3,(H,18,19,20). The molecule has 8 nitrogen and oxygen atoms in total. The van der Waals surface area contributed by atoms with Gasteiger partial charge in [-0.25, -0.2) is 12.8 Å². The van der Waals surface area contributed by atoms with E-state index < -0.39 is 21.4 Å². The van der Waals surface area contributed by atoms with Gasteiger partial charge in [0.25, 0.3) is 5.91 Å². The second-order valence-electron chi connectivity index (χ2n) is 6.56. The number of hydrogen-bond acceptors (Lipinski definition) is 5. The largest absolute Gasteiger partial charge is 0.334 e. The van der Waals surface area contributed by atoms with E-state index in [1.165, 1.54) is 21.5 Å². The molecule has 1 amide bonds. The molecule has 26 heavy (non-hydrogen) atoms. The van der Waals surface area contributed by atoms with E-state index in [0.717, 1.165) is 12.1 Å². The van der Waals surface area contributed by atoms with Crippen LogP contribution in [0.4, 0.5) is 4.39 Å². The van der Waals surface area contributed by atoms with Crippen molar-refractivity contribution in [2.24, 2.45) is 0 Å². The van der Waals surface area contributed by atoms with Gasteiger partial charge in [-0.1, -0.05) is 16.8 Å². The van der Waals surface area contributed by atoms with Crippen molar-refractivity contribution in [3.63, 3.8) is 0 Å². The molecule has 0 spiro atoms. The molecule has 0 atom stereocenters. The SMILES string of the molecule is CC1(C)CN(C(=O)c2cnn[nH]2)CCN1S(=O)(=O)c1cc(F)ccc1Cl. The molecule has 3 rings (SSSR count). The first-order valence-corrected chi connectivity index (χ1v) is 9.58. The van der Waals surface area contributed by atoms with Crippen LogP contribution in [0.15, 0.2) is 29.3 Å². The predicted molar refractivity (Wildman–Crippen MR) is 91.7 cm³/mol. The Bertz CT molecular complexity index is 933. The predicted octanol–water partition coefficient (Wildman–Crippen LogP) is 1.52. The molecule has 1 aliphatic heterocycles. The first kappa shape index (κ1) is 18.7. The topological polar surface area (TPSA) is 99.3 Å². The summed E-state index contributed by atoms with van der Waals surface area (Å²) in [5.41, 5.74) is -0.694. The molecule has 1 aromatic carbocycles. The van der Waals surface area contributed by atoms with E-state index in [0.29, 0.717) is 0 Å². The number of carbonyl (C=O) groups excluding carboxylic acids is 1. The van der Waals surface area contributed by atoms with Crippen LogP contribution >= 0.6 is 11.6 Å². The van der Waals surface area contributed by atoms with E-state index in [2.05, 4.69) is 15.4 Å². The number of carbonyl (C=O) groups is 1. The number of nitrogens with one attached hydrogen (secondary N) is 1. The molecule has 0 radical (unpaired) electrons. The lowest BCUT2D eigenvalue weighted by Crippen LogP contribution is -2.61. The smallest absolute Gasteiger partial charge is 0.273 e. The summed E-state index contributed by atoms with van der Waals surface area (Å²) < 4.78 is 40.9. The third-order valence-corrected chi connectivity index (χ3v) is 6.81. The van der Waals surface area contributed by atoms with Crippen molar-refractivity contribution in [2.75, 3.05) is 19.6 Å². The minimum Gasteiger partial charge on any atom is -0.334 e. The Hall–Kier alpha value is -2.04. The van der Waals surface area contributed by atoms with Gasteiger partial charge in [0.15, 0.2) is 0 Å². The molecule has 0 saturated carbocycles. The summed E-state index contributed by atoms with van der Waals surface area (Å²) in [6.07, 6.45) is 1.31. The summed E-state index contributed by atoms with van der Waals surface area (Å²) in [5.74, 6) is -1.00. The van der Waals surface area contributed by atoms with Crippen molar-refractivity contribution in [3.8, 4) is 0 Å². The first-order valence-electron chi connectivity index (χ1n) is 7.76. The number of rotatable bonds is 3. The molecule has 0 aliphatic carbocycles. The Balaban J connectivity index is 1.88. The highest BCUT2D eigenvalue weighted by atomic mass is 35.5. The molecule has 11 heteroatoms. The lowest BCUT2D eigenvalue weighted by molar-refractivity contribution is 0.0489. The number of amides is 1. The molecule has 2 aromatic rings. The maximum atomic E-state index is 13.6. The summed E-state index contributed by atoms with van der Waals surface area (Å²) in [5, 5.41) is 9.53. The maximum absolute atomic E-state index is 13.6. The molecule has 0 unspecified atom stereocenters. The van der Waals surface area contributed by atoms with Gasteiger partial charge in [-0.15, -0.1) is 5.10 Å².